The maximum absolute atomic E-state index is 12.4. The molecular weight excluding hydrogens is 250 g/mol. The van der Waals surface area contributed by atoms with Crippen LogP contribution in [0.4, 0.5) is 0 Å². The number of hydrogen-bond acceptors (Lipinski definition) is 3. The first kappa shape index (κ1) is 13.1. The molecule has 1 N–H and O–H groups in total. The Labute approximate surface area is 110 Å². The highest BCUT2D eigenvalue weighted by Crippen LogP contribution is 2.23. The number of carboxylic acid groups (broad SMARTS) is 1. The summed E-state index contributed by atoms with van der Waals surface area (Å²) in [6, 6.07) is 1.97. The van der Waals surface area contributed by atoms with Crippen molar-refractivity contribution in [2.75, 3.05) is 13.1 Å². The molecular formula is C13H17NO3S. The lowest BCUT2D eigenvalue weighted by Crippen LogP contribution is -2.42. The number of carbonyl (C=O) groups excluding carboxylic acids is 1. The van der Waals surface area contributed by atoms with E-state index in [1.807, 2.05) is 18.4 Å². The Kier molecular flexibility index (Phi) is 4.01. The van der Waals surface area contributed by atoms with Gasteiger partial charge in [-0.05, 0) is 36.3 Å². The third-order valence-electron chi connectivity index (χ3n) is 3.38. The Hall–Kier alpha value is -1.36. The van der Waals surface area contributed by atoms with Crippen molar-refractivity contribution in [2.45, 2.75) is 26.2 Å². The highest BCUT2D eigenvalue weighted by molar-refractivity contribution is 7.12. The van der Waals surface area contributed by atoms with Gasteiger partial charge in [-0.25, -0.2) is 0 Å². The number of likely N-dealkylation sites (tertiary alicyclic amines) is 1. The van der Waals surface area contributed by atoms with Gasteiger partial charge in [0.2, 0.25) is 0 Å². The zero-order valence-electron chi connectivity index (χ0n) is 10.4. The quantitative estimate of drug-likeness (QED) is 0.913. The van der Waals surface area contributed by atoms with Gasteiger partial charge in [-0.3, -0.25) is 9.59 Å². The van der Waals surface area contributed by atoms with Crippen molar-refractivity contribution in [2.24, 2.45) is 5.92 Å². The lowest BCUT2D eigenvalue weighted by Gasteiger charge is -2.30. The van der Waals surface area contributed by atoms with Crippen LogP contribution in [0.2, 0.25) is 0 Å². The molecule has 1 saturated heterocycles. The molecule has 1 amide bonds. The number of aliphatic carboxylic acids is 1. The number of nitrogens with zero attached hydrogens (tertiary/aromatic N) is 1. The van der Waals surface area contributed by atoms with E-state index < -0.39 is 11.9 Å². The van der Waals surface area contributed by atoms with Crippen LogP contribution >= 0.6 is 11.3 Å². The molecule has 18 heavy (non-hydrogen) atoms. The van der Waals surface area contributed by atoms with Gasteiger partial charge in [0.1, 0.15) is 0 Å². The maximum Gasteiger partial charge on any atom is 0.308 e. The molecule has 98 valence electrons. The summed E-state index contributed by atoms with van der Waals surface area (Å²) in [7, 11) is 0. The summed E-state index contributed by atoms with van der Waals surface area (Å²) in [4.78, 5) is 25.8. The van der Waals surface area contributed by atoms with Gasteiger partial charge in [-0.1, -0.05) is 6.92 Å². The van der Waals surface area contributed by atoms with Crippen LogP contribution in [0.3, 0.4) is 0 Å². The van der Waals surface area contributed by atoms with E-state index in [0.29, 0.717) is 19.5 Å². The summed E-state index contributed by atoms with van der Waals surface area (Å²) in [5, 5.41) is 11.0. The van der Waals surface area contributed by atoms with Crippen molar-refractivity contribution >= 4 is 23.2 Å². The highest BCUT2D eigenvalue weighted by Gasteiger charge is 2.29. The number of carbonyl (C=O) groups is 2. The molecule has 1 aromatic rings. The number of carboxylic acids is 1. The normalized spacial score (nSPS) is 19.8. The zero-order chi connectivity index (χ0) is 13.1. The molecule has 0 bridgehead atoms. The fourth-order valence-corrected chi connectivity index (χ4v) is 3.27. The van der Waals surface area contributed by atoms with Gasteiger partial charge in [0.05, 0.1) is 10.8 Å². The van der Waals surface area contributed by atoms with Gasteiger partial charge >= 0.3 is 5.97 Å². The van der Waals surface area contributed by atoms with E-state index in [0.717, 1.165) is 23.3 Å². The predicted octanol–water partition coefficient (Wildman–Crippen LogP) is 2.25. The molecule has 0 aliphatic carbocycles. The van der Waals surface area contributed by atoms with E-state index in [9.17, 15) is 9.59 Å². The number of aryl methyl sites for hydroxylation is 1. The molecule has 0 spiro atoms. The summed E-state index contributed by atoms with van der Waals surface area (Å²) < 4.78 is 0. The molecule has 0 saturated carbocycles. The second-order valence-corrected chi connectivity index (χ2v) is 5.47. The van der Waals surface area contributed by atoms with Crippen LogP contribution in [0.15, 0.2) is 11.4 Å². The molecule has 1 aliphatic rings. The van der Waals surface area contributed by atoms with Crippen LogP contribution in [0.1, 0.15) is 35.0 Å². The SMILES string of the molecule is CCc1ccsc1C(=O)N1CCCC(C(=O)O)C1. The Morgan fingerprint density at radius 3 is 3.00 bits per heavy atom. The summed E-state index contributed by atoms with van der Waals surface area (Å²) in [6.45, 7) is 3.04. The van der Waals surface area contributed by atoms with Gasteiger partial charge in [0.15, 0.2) is 0 Å². The molecule has 2 heterocycles. The molecule has 1 aromatic heterocycles. The topological polar surface area (TPSA) is 57.6 Å². The van der Waals surface area contributed by atoms with Crippen molar-refractivity contribution in [1.82, 2.24) is 4.90 Å². The predicted molar refractivity (Wildman–Crippen MR) is 70.0 cm³/mol. The van der Waals surface area contributed by atoms with Crippen LogP contribution in [-0.2, 0) is 11.2 Å². The zero-order valence-corrected chi connectivity index (χ0v) is 11.2. The Bertz CT molecular complexity index is 455. The van der Waals surface area contributed by atoms with Crippen molar-refractivity contribution in [3.8, 4) is 0 Å². The maximum atomic E-state index is 12.4. The number of thiophene rings is 1. The van der Waals surface area contributed by atoms with Crippen molar-refractivity contribution in [3.05, 3.63) is 21.9 Å². The molecule has 1 atom stereocenters. The van der Waals surface area contributed by atoms with Crippen LogP contribution < -0.4 is 0 Å². The monoisotopic (exact) mass is 267 g/mol. The highest BCUT2D eigenvalue weighted by atomic mass is 32.1. The molecule has 1 fully saturated rings. The number of amides is 1. The minimum atomic E-state index is -0.797. The smallest absolute Gasteiger partial charge is 0.308 e. The van der Waals surface area contributed by atoms with E-state index in [1.54, 1.807) is 4.90 Å². The summed E-state index contributed by atoms with van der Waals surface area (Å²) in [5.41, 5.74) is 1.06. The minimum absolute atomic E-state index is 0.00667. The lowest BCUT2D eigenvalue weighted by atomic mass is 9.98. The third-order valence-corrected chi connectivity index (χ3v) is 4.32. The molecule has 1 unspecified atom stereocenters. The lowest BCUT2D eigenvalue weighted by molar-refractivity contribution is -0.143. The molecule has 0 aromatic carbocycles. The van der Waals surface area contributed by atoms with Gasteiger partial charge in [0.25, 0.3) is 5.91 Å². The van der Waals surface area contributed by atoms with Crippen molar-refractivity contribution < 1.29 is 14.7 Å². The summed E-state index contributed by atoms with van der Waals surface area (Å²) in [6.07, 6.45) is 2.28. The average molecular weight is 267 g/mol. The third kappa shape index (κ3) is 2.56. The molecule has 1 aliphatic heterocycles. The Balaban J connectivity index is 2.11. The fourth-order valence-electron chi connectivity index (χ4n) is 2.31. The van der Waals surface area contributed by atoms with E-state index in [-0.39, 0.29) is 5.91 Å². The van der Waals surface area contributed by atoms with Crippen LogP contribution in [-0.4, -0.2) is 35.0 Å². The van der Waals surface area contributed by atoms with Crippen LogP contribution in [0, 0.1) is 5.92 Å². The Morgan fingerprint density at radius 2 is 2.33 bits per heavy atom. The molecule has 5 heteroatoms. The number of hydrogen-bond donors (Lipinski definition) is 1. The fraction of sp³-hybridized carbons (Fsp3) is 0.538. The molecule has 2 rings (SSSR count). The van der Waals surface area contributed by atoms with Crippen LogP contribution in [0.25, 0.3) is 0 Å². The second-order valence-electron chi connectivity index (χ2n) is 4.56. The van der Waals surface area contributed by atoms with E-state index in [1.165, 1.54) is 11.3 Å². The van der Waals surface area contributed by atoms with Gasteiger partial charge in [-0.2, -0.15) is 0 Å². The summed E-state index contributed by atoms with van der Waals surface area (Å²) >= 11 is 1.45. The van der Waals surface area contributed by atoms with Crippen LogP contribution in [0.5, 0.6) is 0 Å². The first-order valence-electron chi connectivity index (χ1n) is 6.22. The first-order chi connectivity index (χ1) is 8.63. The van der Waals surface area contributed by atoms with E-state index >= 15 is 0 Å². The van der Waals surface area contributed by atoms with Gasteiger partial charge in [0, 0.05) is 13.1 Å². The largest absolute Gasteiger partial charge is 0.481 e. The molecule has 0 radical (unpaired) electrons. The van der Waals surface area contributed by atoms with Crippen molar-refractivity contribution in [3.63, 3.8) is 0 Å². The standard InChI is InChI=1S/C13H17NO3S/c1-2-9-5-7-18-11(9)12(15)14-6-3-4-10(8-14)13(16)17/h5,7,10H,2-4,6,8H2,1H3,(H,16,17). The first-order valence-corrected chi connectivity index (χ1v) is 7.10. The van der Waals surface area contributed by atoms with E-state index in [2.05, 4.69) is 0 Å². The van der Waals surface area contributed by atoms with Gasteiger partial charge < -0.3 is 10.0 Å². The van der Waals surface area contributed by atoms with Gasteiger partial charge in [-0.15, -0.1) is 11.3 Å². The van der Waals surface area contributed by atoms with E-state index in [4.69, 9.17) is 5.11 Å². The number of piperidine rings is 1. The molecule has 4 nitrogen and oxygen atoms in total. The summed E-state index contributed by atoms with van der Waals surface area (Å²) in [5.74, 6) is -1.21. The van der Waals surface area contributed by atoms with Crippen molar-refractivity contribution in [1.29, 1.82) is 0 Å². The Morgan fingerprint density at radius 1 is 1.56 bits per heavy atom. The number of rotatable bonds is 3. The minimum Gasteiger partial charge on any atom is -0.481 e. The average Bonchev–Trinajstić information content (AvgIpc) is 2.86. The second kappa shape index (κ2) is 5.52.